The van der Waals surface area contributed by atoms with Crippen molar-refractivity contribution in [3.8, 4) is 0 Å². The number of hydrogen-bond acceptors (Lipinski definition) is 9. The van der Waals surface area contributed by atoms with E-state index in [0.717, 1.165) is 12.8 Å². The van der Waals surface area contributed by atoms with E-state index in [4.69, 9.17) is 14.2 Å². The zero-order valence-corrected chi connectivity index (χ0v) is 56.6. The molecule has 0 N–H and O–H groups in total. The van der Waals surface area contributed by atoms with Crippen LogP contribution < -0.4 is 0 Å². The van der Waals surface area contributed by atoms with Gasteiger partial charge in [0.05, 0.1) is 25.2 Å². The maximum Gasteiger partial charge on any atom is 0.311 e. The minimum atomic E-state index is -0.531. The molecule has 0 aliphatic rings. The van der Waals surface area contributed by atoms with Crippen LogP contribution in [-0.2, 0) is 19.0 Å². The van der Waals surface area contributed by atoms with Gasteiger partial charge in [-0.05, 0) is 230 Å². The molecular weight excluding hydrogens is 1370 g/mol. The second kappa shape index (κ2) is 95.2. The molecule has 7 aromatic rings. The molecule has 112 heavy (non-hydrogen) atoms. The van der Waals surface area contributed by atoms with Crippen molar-refractivity contribution in [3.05, 3.63) is 222 Å². The monoisotopic (exact) mass is 1580 g/mol. The van der Waals surface area contributed by atoms with Crippen molar-refractivity contribution in [2.75, 3.05) is 33.5 Å². The molecule has 7 atom stereocenters. The van der Waals surface area contributed by atoms with Crippen LogP contribution in [0.4, 0.5) is 0 Å². The van der Waals surface area contributed by atoms with Gasteiger partial charge in [-0.25, -0.2) is 0 Å². The predicted molar refractivity (Wildman–Crippen MR) is 534 cm³/mol. The van der Waals surface area contributed by atoms with Crippen LogP contribution in [0.2, 0.25) is 0 Å². The summed E-state index contributed by atoms with van der Waals surface area (Å²) in [5.41, 5.74) is 10.0. The summed E-state index contributed by atoms with van der Waals surface area (Å²) >= 11 is 0. The summed E-state index contributed by atoms with van der Waals surface area (Å²) in [6, 6.07) is 42.7. The molecule has 5 aromatic heterocycles. The molecule has 9 nitrogen and oxygen atoms in total. The second-order valence-corrected chi connectivity index (χ2v) is 26.4. The molecule has 5 heterocycles. The van der Waals surface area contributed by atoms with E-state index in [1.165, 1.54) is 90.3 Å². The third-order valence-electron chi connectivity index (χ3n) is 16.3. The van der Waals surface area contributed by atoms with Gasteiger partial charge in [-0.1, -0.05) is 336 Å². The van der Waals surface area contributed by atoms with Crippen molar-refractivity contribution in [3.63, 3.8) is 0 Å². The van der Waals surface area contributed by atoms with E-state index in [9.17, 15) is 4.79 Å². The SMILES string of the molecule is C.C.C.C.C.C.C.C.C.C.C.C.C.C.C.C.C.C.C.C.C.C.C.C.C.CCC(CC(C)(C)C(=O)OCCOCCOC)c1ccncc1.CCC(CC(C)(C)C)c1ccncc1.CCC(CC(C)(C)C)c1ccncc1.CCC(CC(C)c1ccccc1)c1ccncc1.CCC(CC(C)c1ccccc1)c1ccncc1. The highest BCUT2D eigenvalue weighted by Crippen LogP contribution is 2.37. The zero-order valence-electron chi connectivity index (χ0n) is 56.6. The van der Waals surface area contributed by atoms with Gasteiger partial charge in [-0.3, -0.25) is 29.7 Å². The fraction of sp³-hybridized carbons (Fsp3) is 0.631. The first-order valence-electron chi connectivity index (χ1n) is 32.5. The Hall–Kier alpha value is -6.42. The van der Waals surface area contributed by atoms with Gasteiger partial charge in [0, 0.05) is 69.1 Å². The molecule has 7 rings (SSSR count). The molecule has 7 unspecified atom stereocenters. The van der Waals surface area contributed by atoms with Crippen molar-refractivity contribution in [2.45, 2.75) is 395 Å². The van der Waals surface area contributed by atoms with Crippen LogP contribution in [0, 0.1) is 16.2 Å². The molecule has 0 radical (unpaired) electrons. The van der Waals surface area contributed by atoms with Crippen molar-refractivity contribution >= 4 is 5.97 Å². The number of pyridine rings is 5. The normalized spacial score (nSPS) is 10.7. The summed E-state index contributed by atoms with van der Waals surface area (Å²) in [5, 5.41) is 0. The highest BCUT2D eigenvalue weighted by Gasteiger charge is 2.33. The Morgan fingerprint density at radius 1 is 0.295 bits per heavy atom. The Balaban J connectivity index is -0.0000000402. The Kier molecular flexibility index (Phi) is 144. The Labute approximate surface area is 713 Å². The lowest BCUT2D eigenvalue weighted by atomic mass is 9.79. The summed E-state index contributed by atoms with van der Waals surface area (Å²) in [6.07, 6.45) is 30.1. The fourth-order valence-corrected chi connectivity index (χ4v) is 11.2. The molecule has 0 saturated heterocycles. The first-order valence-corrected chi connectivity index (χ1v) is 32.5. The number of carbonyl (C=O) groups is 1. The third-order valence-corrected chi connectivity index (χ3v) is 16.3. The Morgan fingerprint density at radius 2 is 0.509 bits per heavy atom. The fourth-order valence-electron chi connectivity index (χ4n) is 11.2. The molecule has 2 aromatic carbocycles. The molecule has 0 fully saturated rings. The first kappa shape index (κ1) is 169. The second-order valence-electron chi connectivity index (χ2n) is 26.4. The summed E-state index contributed by atoms with van der Waals surface area (Å²) in [5.74, 6) is 3.95. The topological polar surface area (TPSA) is 109 Å². The highest BCUT2D eigenvalue weighted by molar-refractivity contribution is 5.76. The van der Waals surface area contributed by atoms with E-state index < -0.39 is 5.41 Å². The van der Waals surface area contributed by atoms with E-state index in [1.54, 1.807) is 19.5 Å². The lowest BCUT2D eigenvalue weighted by Crippen LogP contribution is -2.29. The predicted octanol–water partition coefficient (Wildman–Crippen LogP) is 36.7. The molecule has 0 aliphatic carbocycles. The number of rotatable bonds is 27. The largest absolute Gasteiger partial charge is 0.463 e. The molecule has 9 heteroatoms. The maximum absolute atomic E-state index is 12.3. The molecule has 0 amide bonds. The number of esters is 1. The van der Waals surface area contributed by atoms with E-state index in [-0.39, 0.29) is 198 Å². The zero-order chi connectivity index (χ0) is 63.9. The van der Waals surface area contributed by atoms with E-state index in [1.807, 2.05) is 75.6 Å². The third kappa shape index (κ3) is 70.2. The number of nitrogens with zero attached hydrogens (tertiary/aromatic N) is 5. The minimum absolute atomic E-state index is 0. The Morgan fingerprint density at radius 3 is 0.723 bits per heavy atom. The van der Waals surface area contributed by atoms with Crippen LogP contribution in [0.15, 0.2) is 183 Å². The van der Waals surface area contributed by atoms with Crippen molar-refractivity contribution in [1.82, 2.24) is 24.9 Å². The van der Waals surface area contributed by atoms with Gasteiger partial charge < -0.3 is 14.2 Å². The van der Waals surface area contributed by atoms with Crippen LogP contribution in [0.5, 0.6) is 0 Å². The van der Waals surface area contributed by atoms with E-state index in [0.29, 0.717) is 72.1 Å². The minimum Gasteiger partial charge on any atom is -0.463 e. The van der Waals surface area contributed by atoms with E-state index in [2.05, 4.69) is 224 Å². The lowest BCUT2D eigenvalue weighted by Gasteiger charge is -2.27. The highest BCUT2D eigenvalue weighted by atomic mass is 16.6. The van der Waals surface area contributed by atoms with Gasteiger partial charge >= 0.3 is 5.97 Å². The van der Waals surface area contributed by atoms with Crippen LogP contribution in [0.1, 0.15) is 434 Å². The van der Waals surface area contributed by atoms with Gasteiger partial charge in [-0.15, -0.1) is 0 Å². The number of ether oxygens (including phenoxy) is 3. The van der Waals surface area contributed by atoms with Gasteiger partial charge in [0.25, 0.3) is 0 Å². The maximum atomic E-state index is 12.3. The summed E-state index contributed by atoms with van der Waals surface area (Å²) in [7, 11) is 1.62. The van der Waals surface area contributed by atoms with Crippen LogP contribution in [-0.4, -0.2) is 64.4 Å². The van der Waals surface area contributed by atoms with Crippen molar-refractivity contribution < 1.29 is 19.0 Å². The molecular formula is C103H213N5O4. The molecule has 0 bridgehead atoms. The standard InChI is InChI=1S/C18H29NO4.2C17H21N.2C13H21N.25CH4/c1-5-15(16-6-8-19-9-7-16)14-18(2,3)17(20)23-13-12-22-11-10-21-4;2*1-3-15(17-9-11-18-12-10-17)13-14(2)16-7-5-4-6-8-16;2*1-5-11(10-13(2,3)4)12-6-8-14-9-7-12;;;;;;;;;;;;;;;;;;;;;;;;;/h6-9,15H,5,10-14H2,1-4H3;2*4-12,14-15H,3,13H2,1-2H3;2*6-9,11H,5,10H2,1-4H3;25*1H4. The number of hydrogen-bond donors (Lipinski definition) is 0. The summed E-state index contributed by atoms with van der Waals surface area (Å²) in [6.45, 7) is 35.2. The quantitative estimate of drug-likeness (QED) is 0.0367. The van der Waals surface area contributed by atoms with Crippen LogP contribution >= 0.6 is 0 Å². The van der Waals surface area contributed by atoms with Gasteiger partial charge in [-0.2, -0.15) is 0 Å². The number of benzene rings is 2. The number of aromatic nitrogens is 5. The van der Waals surface area contributed by atoms with Gasteiger partial charge in [0.15, 0.2) is 0 Å². The van der Waals surface area contributed by atoms with Crippen molar-refractivity contribution in [2.24, 2.45) is 16.2 Å². The first-order chi connectivity index (χ1) is 41.7. The van der Waals surface area contributed by atoms with Crippen molar-refractivity contribution in [1.29, 1.82) is 0 Å². The lowest BCUT2D eigenvalue weighted by molar-refractivity contribution is -0.156. The molecule has 674 valence electrons. The van der Waals surface area contributed by atoms with Gasteiger partial charge in [0.1, 0.15) is 6.61 Å². The van der Waals surface area contributed by atoms with E-state index >= 15 is 0 Å². The summed E-state index contributed by atoms with van der Waals surface area (Å²) < 4.78 is 15.5. The van der Waals surface area contributed by atoms with Crippen LogP contribution in [0.3, 0.4) is 0 Å². The number of methoxy groups -OCH3 is 1. The molecule has 0 spiro atoms. The summed E-state index contributed by atoms with van der Waals surface area (Å²) in [4.78, 5) is 32.7. The average Bonchev–Trinajstić information content (AvgIpc) is 0.881. The van der Waals surface area contributed by atoms with Gasteiger partial charge in [0.2, 0.25) is 0 Å². The molecule has 0 saturated carbocycles. The molecule has 0 aliphatic heterocycles. The van der Waals surface area contributed by atoms with Crippen LogP contribution in [0.25, 0.3) is 0 Å². The smallest absolute Gasteiger partial charge is 0.311 e. The number of carbonyl (C=O) groups excluding carboxylic acids is 1. The average molecular weight is 1590 g/mol. The Bertz CT molecular complexity index is 2610.